The van der Waals surface area contributed by atoms with E-state index in [1.165, 1.54) is 23.2 Å². The number of benzene rings is 2. The molecule has 3 nitrogen and oxygen atoms in total. The number of thiophene rings is 1. The van der Waals surface area contributed by atoms with Crippen LogP contribution < -0.4 is 5.32 Å². The first kappa shape index (κ1) is 18.4. The lowest BCUT2D eigenvalue weighted by molar-refractivity contribution is 0.449. The van der Waals surface area contributed by atoms with Gasteiger partial charge in [0.15, 0.2) is 17.5 Å². The Balaban J connectivity index is 1.80. The summed E-state index contributed by atoms with van der Waals surface area (Å²) in [6, 6.07) is 10.2. The van der Waals surface area contributed by atoms with Crippen LogP contribution in [0.2, 0.25) is 0 Å². The largest absolute Gasteiger partial charge is 0.337 e. The van der Waals surface area contributed by atoms with Crippen molar-refractivity contribution in [2.75, 3.05) is 5.32 Å². The molecule has 2 heterocycles. The molecular formula is C21H16F3N3S. The molecule has 28 heavy (non-hydrogen) atoms. The first-order valence-corrected chi connectivity index (χ1v) is 9.56. The molecule has 0 amide bonds. The van der Waals surface area contributed by atoms with E-state index >= 15 is 0 Å². The van der Waals surface area contributed by atoms with Gasteiger partial charge in [-0.05, 0) is 29.2 Å². The highest BCUT2D eigenvalue weighted by atomic mass is 32.1. The molecule has 0 spiro atoms. The lowest BCUT2D eigenvalue weighted by Crippen LogP contribution is -2.01. The van der Waals surface area contributed by atoms with E-state index in [2.05, 4.69) is 41.3 Å². The van der Waals surface area contributed by atoms with E-state index in [0.29, 0.717) is 22.0 Å². The van der Waals surface area contributed by atoms with Gasteiger partial charge in [-0.1, -0.05) is 38.1 Å². The molecule has 0 saturated heterocycles. The van der Waals surface area contributed by atoms with E-state index in [0.717, 1.165) is 23.3 Å². The highest BCUT2D eigenvalue weighted by molar-refractivity contribution is 7.17. The molecule has 0 bridgehead atoms. The van der Waals surface area contributed by atoms with Crippen LogP contribution in [0, 0.1) is 17.5 Å². The fraction of sp³-hybridized carbons (Fsp3) is 0.143. The maximum Gasteiger partial charge on any atom is 0.196 e. The Bertz CT molecular complexity index is 1150. The SMILES string of the molecule is CC(C)c1ccc(-c2csc3ncnc(Nc4ccc(F)c(F)c4F)c23)cc1. The van der Waals surface area contributed by atoms with Gasteiger partial charge in [-0.25, -0.2) is 23.1 Å². The highest BCUT2D eigenvalue weighted by Crippen LogP contribution is 2.38. The van der Waals surface area contributed by atoms with Crippen molar-refractivity contribution in [3.8, 4) is 11.1 Å². The molecule has 1 N–H and O–H groups in total. The summed E-state index contributed by atoms with van der Waals surface area (Å²) in [7, 11) is 0. The summed E-state index contributed by atoms with van der Waals surface area (Å²) < 4.78 is 40.9. The van der Waals surface area contributed by atoms with Crippen molar-refractivity contribution in [2.24, 2.45) is 0 Å². The standard InChI is InChI=1S/C21H16F3N3S/c1-11(2)12-3-5-13(6-4-12)14-9-28-21-17(14)20(25-10-26-21)27-16-8-7-15(22)18(23)19(16)24/h3-11H,1-2H3,(H,25,26,27). The fourth-order valence-electron chi connectivity index (χ4n) is 2.98. The molecule has 7 heteroatoms. The lowest BCUT2D eigenvalue weighted by atomic mass is 9.99. The van der Waals surface area contributed by atoms with Crippen LogP contribution in [0.1, 0.15) is 25.3 Å². The Morgan fingerprint density at radius 2 is 1.68 bits per heavy atom. The topological polar surface area (TPSA) is 37.8 Å². The summed E-state index contributed by atoms with van der Waals surface area (Å²) in [6.07, 6.45) is 1.35. The summed E-state index contributed by atoms with van der Waals surface area (Å²) in [5, 5.41) is 5.44. The normalized spacial score (nSPS) is 11.4. The number of hydrogen-bond acceptors (Lipinski definition) is 4. The summed E-state index contributed by atoms with van der Waals surface area (Å²) in [4.78, 5) is 9.18. The maximum atomic E-state index is 14.1. The Hall–Kier alpha value is -2.93. The van der Waals surface area contributed by atoms with Crippen LogP contribution in [0.25, 0.3) is 21.3 Å². The zero-order chi connectivity index (χ0) is 19.8. The Morgan fingerprint density at radius 1 is 0.929 bits per heavy atom. The van der Waals surface area contributed by atoms with Gasteiger partial charge in [-0.3, -0.25) is 0 Å². The first-order chi connectivity index (χ1) is 13.5. The lowest BCUT2D eigenvalue weighted by Gasteiger charge is -2.11. The molecular weight excluding hydrogens is 383 g/mol. The van der Waals surface area contributed by atoms with Crippen molar-refractivity contribution in [1.82, 2.24) is 9.97 Å². The average molecular weight is 399 g/mol. The van der Waals surface area contributed by atoms with Gasteiger partial charge in [0, 0.05) is 10.9 Å². The Labute approximate surface area is 163 Å². The smallest absolute Gasteiger partial charge is 0.196 e. The maximum absolute atomic E-state index is 14.1. The van der Waals surface area contributed by atoms with Crippen LogP contribution >= 0.6 is 11.3 Å². The van der Waals surface area contributed by atoms with Crippen molar-refractivity contribution in [2.45, 2.75) is 19.8 Å². The van der Waals surface area contributed by atoms with E-state index in [1.54, 1.807) is 0 Å². The molecule has 0 aliphatic rings. The molecule has 4 rings (SSSR count). The van der Waals surface area contributed by atoms with Gasteiger partial charge in [0.05, 0.1) is 11.1 Å². The van der Waals surface area contributed by atoms with E-state index in [9.17, 15) is 13.2 Å². The van der Waals surface area contributed by atoms with Crippen molar-refractivity contribution in [3.63, 3.8) is 0 Å². The summed E-state index contributed by atoms with van der Waals surface area (Å²) in [6.45, 7) is 4.25. The number of nitrogens with one attached hydrogen (secondary N) is 1. The number of nitrogens with zero attached hydrogens (tertiary/aromatic N) is 2. The van der Waals surface area contributed by atoms with Gasteiger partial charge in [0.2, 0.25) is 0 Å². The molecule has 2 aromatic carbocycles. The van der Waals surface area contributed by atoms with Crippen molar-refractivity contribution in [1.29, 1.82) is 0 Å². The third-order valence-electron chi connectivity index (χ3n) is 4.55. The highest BCUT2D eigenvalue weighted by Gasteiger charge is 2.17. The Morgan fingerprint density at radius 3 is 2.39 bits per heavy atom. The summed E-state index contributed by atoms with van der Waals surface area (Å²) in [5.74, 6) is -3.29. The van der Waals surface area contributed by atoms with E-state index < -0.39 is 17.5 Å². The second-order valence-corrected chi connectivity index (χ2v) is 7.53. The zero-order valence-corrected chi connectivity index (χ0v) is 15.9. The van der Waals surface area contributed by atoms with Crippen molar-refractivity contribution >= 4 is 33.1 Å². The molecule has 4 aromatic rings. The van der Waals surface area contributed by atoms with Crippen LogP contribution in [0.3, 0.4) is 0 Å². The molecule has 0 unspecified atom stereocenters. The van der Waals surface area contributed by atoms with Gasteiger partial charge >= 0.3 is 0 Å². The number of rotatable bonds is 4. The number of halogens is 3. The molecule has 0 radical (unpaired) electrons. The molecule has 0 fully saturated rings. The number of fused-ring (bicyclic) bond motifs is 1. The molecule has 0 atom stereocenters. The van der Waals surface area contributed by atoms with Crippen LogP contribution in [0.5, 0.6) is 0 Å². The third-order valence-corrected chi connectivity index (χ3v) is 5.43. The minimum atomic E-state index is -1.52. The summed E-state index contributed by atoms with van der Waals surface area (Å²) in [5.41, 5.74) is 2.90. The van der Waals surface area contributed by atoms with E-state index in [-0.39, 0.29) is 5.69 Å². The minimum Gasteiger partial charge on any atom is -0.337 e. The quantitative estimate of drug-likeness (QED) is 0.391. The van der Waals surface area contributed by atoms with Crippen molar-refractivity contribution < 1.29 is 13.2 Å². The zero-order valence-electron chi connectivity index (χ0n) is 15.1. The second-order valence-electron chi connectivity index (χ2n) is 6.68. The van der Waals surface area contributed by atoms with Crippen molar-refractivity contribution in [3.05, 3.63) is 71.1 Å². The van der Waals surface area contributed by atoms with Crippen LogP contribution in [-0.2, 0) is 0 Å². The number of aromatic nitrogens is 2. The van der Waals surface area contributed by atoms with Crippen LogP contribution in [0.4, 0.5) is 24.7 Å². The Kier molecular flexibility index (Phi) is 4.77. The molecule has 2 aromatic heterocycles. The molecule has 0 aliphatic heterocycles. The number of anilines is 2. The van der Waals surface area contributed by atoms with E-state index in [1.807, 2.05) is 17.5 Å². The number of hydrogen-bond donors (Lipinski definition) is 1. The van der Waals surface area contributed by atoms with Gasteiger partial charge in [-0.2, -0.15) is 0 Å². The minimum absolute atomic E-state index is 0.189. The second kappa shape index (κ2) is 7.24. The third kappa shape index (κ3) is 3.22. The monoisotopic (exact) mass is 399 g/mol. The van der Waals surface area contributed by atoms with Gasteiger partial charge in [0.1, 0.15) is 17.0 Å². The molecule has 0 aliphatic carbocycles. The van der Waals surface area contributed by atoms with Gasteiger partial charge < -0.3 is 5.32 Å². The average Bonchev–Trinajstić information content (AvgIpc) is 3.13. The molecule has 0 saturated carbocycles. The van der Waals surface area contributed by atoms with E-state index in [4.69, 9.17) is 0 Å². The van der Waals surface area contributed by atoms with Crippen LogP contribution in [-0.4, -0.2) is 9.97 Å². The predicted octanol–water partition coefficient (Wildman–Crippen LogP) is 6.64. The van der Waals surface area contributed by atoms with Gasteiger partial charge in [-0.15, -0.1) is 11.3 Å². The van der Waals surface area contributed by atoms with Gasteiger partial charge in [0.25, 0.3) is 0 Å². The first-order valence-electron chi connectivity index (χ1n) is 8.68. The molecule has 142 valence electrons. The predicted molar refractivity (Wildman–Crippen MR) is 107 cm³/mol. The van der Waals surface area contributed by atoms with Crippen LogP contribution in [0.15, 0.2) is 48.1 Å². The summed E-state index contributed by atoms with van der Waals surface area (Å²) >= 11 is 1.43. The fourth-order valence-corrected chi connectivity index (χ4v) is 3.90.